The molecule has 0 spiro atoms. The van der Waals surface area contributed by atoms with Gasteiger partial charge in [-0.2, -0.15) is 0 Å². The zero-order chi connectivity index (χ0) is 14.7. The van der Waals surface area contributed by atoms with Crippen LogP contribution >= 0.6 is 15.9 Å². The second kappa shape index (κ2) is 6.05. The van der Waals surface area contributed by atoms with Crippen LogP contribution in [0.5, 0.6) is 0 Å². The number of hydrogen-bond donors (Lipinski definition) is 1. The second-order valence-electron chi connectivity index (χ2n) is 4.66. The van der Waals surface area contributed by atoms with Crippen LogP contribution in [0.25, 0.3) is 0 Å². The predicted octanol–water partition coefficient (Wildman–Crippen LogP) is 3.01. The molecule has 0 saturated heterocycles. The Labute approximate surface area is 126 Å². The molecule has 0 atom stereocenters. The van der Waals surface area contributed by atoms with Gasteiger partial charge in [0.25, 0.3) is 5.91 Å². The van der Waals surface area contributed by atoms with E-state index in [1.54, 1.807) is 24.1 Å². The van der Waals surface area contributed by atoms with Crippen LogP contribution in [0, 0.1) is 6.92 Å². The number of rotatable bonds is 3. The molecule has 0 radical (unpaired) electrons. The van der Waals surface area contributed by atoms with Crippen molar-refractivity contribution in [3.05, 3.63) is 57.8 Å². The van der Waals surface area contributed by atoms with Gasteiger partial charge in [-0.05, 0) is 37.3 Å². The number of carbonyl (C=O) groups excluding carboxylic acids is 1. The van der Waals surface area contributed by atoms with Gasteiger partial charge >= 0.3 is 0 Å². The third kappa shape index (κ3) is 3.36. The zero-order valence-corrected chi connectivity index (χ0v) is 13.0. The van der Waals surface area contributed by atoms with Crippen molar-refractivity contribution in [1.29, 1.82) is 0 Å². The van der Waals surface area contributed by atoms with Gasteiger partial charge in [0.2, 0.25) is 0 Å². The number of anilines is 1. The number of nitrogen functional groups attached to an aromatic ring is 1. The van der Waals surface area contributed by atoms with Gasteiger partial charge in [-0.25, -0.2) is 0 Å². The number of nitrogens with zero attached hydrogens (tertiary/aromatic N) is 2. The standard InChI is InChI=1S/C15H16BrN3O/c1-10-4-3-5-12(18-10)9-19(2)15(20)13-8-11(16)6-7-14(13)17/h3-8H,9,17H2,1-2H3. The summed E-state index contributed by atoms with van der Waals surface area (Å²) >= 11 is 3.35. The highest BCUT2D eigenvalue weighted by Crippen LogP contribution is 2.20. The van der Waals surface area contributed by atoms with E-state index in [0.717, 1.165) is 15.9 Å². The Balaban J connectivity index is 2.18. The highest BCUT2D eigenvalue weighted by atomic mass is 79.9. The van der Waals surface area contributed by atoms with Crippen LogP contribution in [0.2, 0.25) is 0 Å². The Bertz CT molecular complexity index is 643. The van der Waals surface area contributed by atoms with Crippen LogP contribution in [0.4, 0.5) is 5.69 Å². The fourth-order valence-electron chi connectivity index (χ4n) is 1.92. The molecule has 4 nitrogen and oxygen atoms in total. The summed E-state index contributed by atoms with van der Waals surface area (Å²) in [6, 6.07) is 11.0. The van der Waals surface area contributed by atoms with Crippen molar-refractivity contribution in [2.75, 3.05) is 12.8 Å². The molecule has 0 aliphatic carbocycles. The van der Waals surface area contributed by atoms with Gasteiger partial charge in [0.05, 0.1) is 17.8 Å². The lowest BCUT2D eigenvalue weighted by molar-refractivity contribution is 0.0784. The molecule has 5 heteroatoms. The molecule has 2 N–H and O–H groups in total. The van der Waals surface area contributed by atoms with E-state index in [2.05, 4.69) is 20.9 Å². The summed E-state index contributed by atoms with van der Waals surface area (Å²) < 4.78 is 0.831. The van der Waals surface area contributed by atoms with E-state index in [9.17, 15) is 4.79 Å². The quantitative estimate of drug-likeness (QED) is 0.878. The van der Waals surface area contributed by atoms with Crippen molar-refractivity contribution in [1.82, 2.24) is 9.88 Å². The van der Waals surface area contributed by atoms with E-state index >= 15 is 0 Å². The first kappa shape index (κ1) is 14.5. The van der Waals surface area contributed by atoms with Gasteiger partial charge < -0.3 is 10.6 Å². The predicted molar refractivity (Wildman–Crippen MR) is 83.3 cm³/mol. The van der Waals surface area contributed by atoms with E-state index in [1.807, 2.05) is 31.2 Å². The molecule has 2 aromatic rings. The lowest BCUT2D eigenvalue weighted by Crippen LogP contribution is -2.27. The average Bonchev–Trinajstić information content (AvgIpc) is 2.40. The topological polar surface area (TPSA) is 59.2 Å². The highest BCUT2D eigenvalue weighted by Gasteiger charge is 2.15. The van der Waals surface area contributed by atoms with Crippen molar-refractivity contribution in [2.24, 2.45) is 0 Å². The van der Waals surface area contributed by atoms with E-state index in [4.69, 9.17) is 5.73 Å². The molecule has 0 aliphatic heterocycles. The summed E-state index contributed by atoms with van der Waals surface area (Å²) in [4.78, 5) is 18.4. The molecular weight excluding hydrogens is 318 g/mol. The lowest BCUT2D eigenvalue weighted by atomic mass is 10.1. The summed E-state index contributed by atoms with van der Waals surface area (Å²) in [5, 5.41) is 0. The summed E-state index contributed by atoms with van der Waals surface area (Å²) in [7, 11) is 1.74. The number of aromatic nitrogens is 1. The number of benzene rings is 1. The number of amides is 1. The number of hydrogen-bond acceptors (Lipinski definition) is 3. The Morgan fingerprint density at radius 1 is 1.35 bits per heavy atom. The maximum Gasteiger partial charge on any atom is 0.256 e. The fraction of sp³-hybridized carbons (Fsp3) is 0.200. The van der Waals surface area contributed by atoms with Gasteiger partial charge in [0, 0.05) is 22.9 Å². The van der Waals surface area contributed by atoms with E-state index in [1.165, 1.54) is 0 Å². The van der Waals surface area contributed by atoms with Gasteiger partial charge in [0.1, 0.15) is 0 Å². The number of nitrogens with two attached hydrogens (primary N) is 1. The van der Waals surface area contributed by atoms with Crippen LogP contribution in [-0.4, -0.2) is 22.8 Å². The van der Waals surface area contributed by atoms with Crippen molar-refractivity contribution >= 4 is 27.5 Å². The SMILES string of the molecule is Cc1cccc(CN(C)C(=O)c2cc(Br)ccc2N)n1. The number of aryl methyl sites for hydroxylation is 1. The molecule has 0 unspecified atom stereocenters. The Morgan fingerprint density at radius 2 is 2.10 bits per heavy atom. The Kier molecular flexibility index (Phi) is 4.39. The smallest absolute Gasteiger partial charge is 0.256 e. The second-order valence-corrected chi connectivity index (χ2v) is 5.58. The highest BCUT2D eigenvalue weighted by molar-refractivity contribution is 9.10. The minimum absolute atomic E-state index is 0.118. The van der Waals surface area contributed by atoms with E-state index in [0.29, 0.717) is 17.8 Å². The van der Waals surface area contributed by atoms with Crippen LogP contribution < -0.4 is 5.73 Å². The van der Waals surface area contributed by atoms with Crippen LogP contribution in [0.3, 0.4) is 0 Å². The summed E-state index contributed by atoms with van der Waals surface area (Å²) in [5.41, 5.74) is 8.62. The molecule has 104 valence electrons. The van der Waals surface area contributed by atoms with Crippen molar-refractivity contribution in [2.45, 2.75) is 13.5 Å². The Hall–Kier alpha value is -1.88. The minimum Gasteiger partial charge on any atom is -0.398 e. The number of pyridine rings is 1. The maximum absolute atomic E-state index is 12.4. The number of halogens is 1. The van der Waals surface area contributed by atoms with Crippen molar-refractivity contribution < 1.29 is 4.79 Å². The normalized spacial score (nSPS) is 10.3. The molecule has 1 aromatic carbocycles. The monoisotopic (exact) mass is 333 g/mol. The first-order valence-corrected chi connectivity index (χ1v) is 6.99. The van der Waals surface area contributed by atoms with E-state index in [-0.39, 0.29) is 5.91 Å². The van der Waals surface area contributed by atoms with Gasteiger partial charge in [0.15, 0.2) is 0 Å². The first-order valence-electron chi connectivity index (χ1n) is 6.20. The van der Waals surface area contributed by atoms with Gasteiger partial charge in [-0.3, -0.25) is 9.78 Å². The molecule has 0 saturated carbocycles. The molecule has 0 fully saturated rings. The summed E-state index contributed by atoms with van der Waals surface area (Å²) in [5.74, 6) is -0.118. The molecule has 1 aromatic heterocycles. The molecule has 1 amide bonds. The molecule has 20 heavy (non-hydrogen) atoms. The lowest BCUT2D eigenvalue weighted by Gasteiger charge is -2.18. The first-order chi connectivity index (χ1) is 9.47. The number of carbonyl (C=O) groups is 1. The van der Waals surface area contributed by atoms with E-state index < -0.39 is 0 Å². The molecular formula is C15H16BrN3O. The van der Waals surface area contributed by atoms with Crippen molar-refractivity contribution in [3.8, 4) is 0 Å². The minimum atomic E-state index is -0.118. The fourth-order valence-corrected chi connectivity index (χ4v) is 2.28. The third-order valence-corrected chi connectivity index (χ3v) is 3.43. The van der Waals surface area contributed by atoms with Crippen molar-refractivity contribution in [3.63, 3.8) is 0 Å². The molecule has 0 aliphatic rings. The molecule has 0 bridgehead atoms. The van der Waals surface area contributed by atoms with Gasteiger partial charge in [-0.15, -0.1) is 0 Å². The maximum atomic E-state index is 12.4. The third-order valence-electron chi connectivity index (χ3n) is 2.94. The van der Waals surface area contributed by atoms with Crippen LogP contribution in [-0.2, 0) is 6.54 Å². The summed E-state index contributed by atoms with van der Waals surface area (Å²) in [6.07, 6.45) is 0. The van der Waals surface area contributed by atoms with Crippen LogP contribution in [0.1, 0.15) is 21.7 Å². The zero-order valence-electron chi connectivity index (χ0n) is 11.4. The largest absolute Gasteiger partial charge is 0.398 e. The Morgan fingerprint density at radius 3 is 2.80 bits per heavy atom. The molecule has 2 rings (SSSR count). The summed E-state index contributed by atoms with van der Waals surface area (Å²) in [6.45, 7) is 2.38. The molecule has 1 heterocycles. The average molecular weight is 334 g/mol. The van der Waals surface area contributed by atoms with Crippen LogP contribution in [0.15, 0.2) is 40.9 Å². The van der Waals surface area contributed by atoms with Gasteiger partial charge in [-0.1, -0.05) is 22.0 Å².